The quantitative estimate of drug-likeness (QED) is 0.817. The summed E-state index contributed by atoms with van der Waals surface area (Å²) in [4.78, 5) is 14.0. The number of carbonyl (C=O) groups is 1. The summed E-state index contributed by atoms with van der Waals surface area (Å²) < 4.78 is 0. The fourth-order valence-corrected chi connectivity index (χ4v) is 2.49. The van der Waals surface area contributed by atoms with Gasteiger partial charge in [0.1, 0.15) is 5.78 Å². The zero-order chi connectivity index (χ0) is 13.0. The van der Waals surface area contributed by atoms with Crippen molar-refractivity contribution >= 4 is 5.78 Å². The van der Waals surface area contributed by atoms with Crippen LogP contribution in [0.2, 0.25) is 0 Å². The number of Topliss-reactive ketones (excluding diaryl/α,β-unsaturated/α-hetero) is 1. The van der Waals surface area contributed by atoms with Gasteiger partial charge in [-0.15, -0.1) is 0 Å². The molecule has 1 unspecified atom stereocenters. The van der Waals surface area contributed by atoms with Gasteiger partial charge in [0, 0.05) is 32.0 Å². The zero-order valence-corrected chi connectivity index (χ0v) is 10.7. The maximum atomic E-state index is 11.7. The fraction of sp³-hybridized carbons (Fsp3) is 0.467. The number of hydrogen-bond donors (Lipinski definition) is 0. The molecule has 94 valence electrons. The lowest BCUT2D eigenvalue weighted by molar-refractivity contribution is -0.126. The van der Waals surface area contributed by atoms with Gasteiger partial charge >= 0.3 is 0 Å². The van der Waals surface area contributed by atoms with Crippen molar-refractivity contribution in [1.29, 1.82) is 5.26 Å². The first kappa shape index (κ1) is 12.8. The molecule has 0 bridgehead atoms. The maximum Gasteiger partial charge on any atom is 0.138 e. The van der Waals surface area contributed by atoms with Crippen molar-refractivity contribution in [2.45, 2.75) is 26.3 Å². The molecule has 0 amide bonds. The molecule has 1 atom stereocenters. The van der Waals surface area contributed by atoms with E-state index >= 15 is 0 Å². The van der Waals surface area contributed by atoms with Crippen LogP contribution < -0.4 is 0 Å². The summed E-state index contributed by atoms with van der Waals surface area (Å²) in [6, 6.07) is 9.92. The third kappa shape index (κ3) is 2.77. The van der Waals surface area contributed by atoms with Crippen LogP contribution >= 0.6 is 0 Å². The van der Waals surface area contributed by atoms with Crippen molar-refractivity contribution in [3.8, 4) is 6.07 Å². The average Bonchev–Trinajstić information content (AvgIpc) is 2.41. The molecule has 0 aliphatic carbocycles. The second-order valence-electron chi connectivity index (χ2n) is 4.83. The van der Waals surface area contributed by atoms with E-state index in [1.54, 1.807) is 0 Å². The van der Waals surface area contributed by atoms with Gasteiger partial charge in [-0.1, -0.05) is 25.1 Å². The molecule has 0 spiro atoms. The molecule has 0 saturated carbocycles. The molecule has 18 heavy (non-hydrogen) atoms. The molecular formula is C15H18N2O. The normalized spacial score (nSPS) is 20.7. The van der Waals surface area contributed by atoms with Gasteiger partial charge in [0.05, 0.1) is 11.6 Å². The van der Waals surface area contributed by atoms with E-state index in [9.17, 15) is 4.79 Å². The molecule has 3 heteroatoms. The number of likely N-dealkylation sites (tertiary alicyclic amines) is 1. The number of hydrogen-bond acceptors (Lipinski definition) is 3. The summed E-state index contributed by atoms with van der Waals surface area (Å²) in [7, 11) is 0. The van der Waals surface area contributed by atoms with Crippen molar-refractivity contribution in [2.24, 2.45) is 5.92 Å². The van der Waals surface area contributed by atoms with Gasteiger partial charge in [-0.3, -0.25) is 9.69 Å². The van der Waals surface area contributed by atoms with Crippen LogP contribution in [-0.4, -0.2) is 23.8 Å². The molecule has 1 aliphatic rings. The minimum absolute atomic E-state index is 0.174. The Labute approximate surface area is 108 Å². The summed E-state index contributed by atoms with van der Waals surface area (Å²) in [6.45, 7) is 4.48. The Morgan fingerprint density at radius 2 is 2.22 bits per heavy atom. The Hall–Kier alpha value is -1.66. The van der Waals surface area contributed by atoms with Gasteiger partial charge in [-0.05, 0) is 18.1 Å². The smallest absolute Gasteiger partial charge is 0.138 e. The van der Waals surface area contributed by atoms with Gasteiger partial charge in [-0.25, -0.2) is 0 Å². The van der Waals surface area contributed by atoms with Gasteiger partial charge in [-0.2, -0.15) is 5.26 Å². The Morgan fingerprint density at radius 1 is 1.44 bits per heavy atom. The highest BCUT2D eigenvalue weighted by molar-refractivity contribution is 5.82. The number of benzene rings is 1. The van der Waals surface area contributed by atoms with Crippen molar-refractivity contribution in [3.05, 3.63) is 35.4 Å². The highest BCUT2D eigenvalue weighted by Crippen LogP contribution is 2.19. The summed E-state index contributed by atoms with van der Waals surface area (Å²) in [5, 5.41) is 9.07. The molecule has 1 saturated heterocycles. The van der Waals surface area contributed by atoms with Crippen LogP contribution in [0.25, 0.3) is 0 Å². The Kier molecular flexibility index (Phi) is 4.11. The van der Waals surface area contributed by atoms with E-state index in [0.717, 1.165) is 37.2 Å². The summed E-state index contributed by atoms with van der Waals surface area (Å²) in [6.07, 6.45) is 1.56. The van der Waals surface area contributed by atoms with E-state index < -0.39 is 0 Å². The Balaban J connectivity index is 2.06. The molecule has 1 aliphatic heterocycles. The van der Waals surface area contributed by atoms with Crippen molar-refractivity contribution in [3.63, 3.8) is 0 Å². The average molecular weight is 242 g/mol. The van der Waals surface area contributed by atoms with E-state index in [1.807, 2.05) is 24.3 Å². The molecule has 1 aromatic carbocycles. The fourth-order valence-electron chi connectivity index (χ4n) is 2.49. The first-order valence-corrected chi connectivity index (χ1v) is 6.47. The molecule has 1 heterocycles. The number of ketones is 1. The molecule has 0 aromatic heterocycles. The zero-order valence-electron chi connectivity index (χ0n) is 10.7. The van der Waals surface area contributed by atoms with Crippen LogP contribution in [0, 0.1) is 17.2 Å². The first-order chi connectivity index (χ1) is 8.74. The van der Waals surface area contributed by atoms with E-state index in [4.69, 9.17) is 5.26 Å². The van der Waals surface area contributed by atoms with Crippen LogP contribution in [0.3, 0.4) is 0 Å². The summed E-state index contributed by atoms with van der Waals surface area (Å²) >= 11 is 0. The van der Waals surface area contributed by atoms with Gasteiger partial charge in [0.25, 0.3) is 0 Å². The first-order valence-electron chi connectivity index (χ1n) is 6.47. The highest BCUT2D eigenvalue weighted by atomic mass is 16.1. The van der Waals surface area contributed by atoms with Crippen molar-refractivity contribution in [1.82, 2.24) is 4.90 Å². The minimum Gasteiger partial charge on any atom is -0.299 e. The number of rotatable bonds is 3. The highest BCUT2D eigenvalue weighted by Gasteiger charge is 2.25. The predicted octanol–water partition coefficient (Wildman–Crippen LogP) is 2.36. The topological polar surface area (TPSA) is 44.1 Å². The minimum atomic E-state index is 0.174. The second-order valence-corrected chi connectivity index (χ2v) is 4.83. The maximum absolute atomic E-state index is 11.7. The van der Waals surface area contributed by atoms with Crippen LogP contribution in [-0.2, 0) is 11.3 Å². The molecule has 0 N–H and O–H groups in total. The number of carbonyl (C=O) groups excluding carboxylic acids is 1. The largest absolute Gasteiger partial charge is 0.299 e. The standard InChI is InChI=1S/C15H18N2O/c1-2-12-10-17(8-7-15(12)18)11-14-6-4-3-5-13(14)9-16/h3-6,12H,2,7-8,10-11H2,1H3. The van der Waals surface area contributed by atoms with Gasteiger partial charge < -0.3 is 0 Å². The SMILES string of the molecule is CCC1CN(Cc2ccccc2C#N)CCC1=O. The second kappa shape index (κ2) is 5.79. The summed E-state index contributed by atoms with van der Waals surface area (Å²) in [5.74, 6) is 0.565. The monoisotopic (exact) mass is 242 g/mol. The molecule has 3 nitrogen and oxygen atoms in total. The third-order valence-corrected chi connectivity index (χ3v) is 3.63. The van der Waals surface area contributed by atoms with Crippen LogP contribution in [0.1, 0.15) is 30.9 Å². The summed E-state index contributed by atoms with van der Waals surface area (Å²) in [5.41, 5.74) is 1.80. The van der Waals surface area contributed by atoms with Crippen molar-refractivity contribution in [2.75, 3.05) is 13.1 Å². The Bertz CT molecular complexity index is 476. The lowest BCUT2D eigenvalue weighted by Crippen LogP contribution is -2.40. The number of nitrogens with zero attached hydrogens (tertiary/aromatic N) is 2. The van der Waals surface area contributed by atoms with Crippen LogP contribution in [0.4, 0.5) is 0 Å². The van der Waals surface area contributed by atoms with Crippen molar-refractivity contribution < 1.29 is 4.79 Å². The van der Waals surface area contributed by atoms with Crippen LogP contribution in [0.5, 0.6) is 0 Å². The lowest BCUT2D eigenvalue weighted by atomic mass is 9.93. The van der Waals surface area contributed by atoms with Gasteiger partial charge in [0.15, 0.2) is 0 Å². The predicted molar refractivity (Wildman–Crippen MR) is 69.8 cm³/mol. The molecule has 2 rings (SSSR count). The molecule has 1 aromatic rings. The Morgan fingerprint density at radius 3 is 2.94 bits per heavy atom. The number of nitriles is 1. The molecule has 0 radical (unpaired) electrons. The number of piperidine rings is 1. The van der Waals surface area contributed by atoms with Gasteiger partial charge in [0.2, 0.25) is 0 Å². The molecule has 1 fully saturated rings. The van der Waals surface area contributed by atoms with E-state index in [0.29, 0.717) is 12.2 Å². The van der Waals surface area contributed by atoms with E-state index in [2.05, 4.69) is 17.9 Å². The van der Waals surface area contributed by atoms with Crippen LogP contribution in [0.15, 0.2) is 24.3 Å². The van der Waals surface area contributed by atoms with E-state index in [1.165, 1.54) is 0 Å². The lowest BCUT2D eigenvalue weighted by Gasteiger charge is -2.31. The van der Waals surface area contributed by atoms with E-state index in [-0.39, 0.29) is 5.92 Å². The third-order valence-electron chi connectivity index (χ3n) is 3.63. The molecular weight excluding hydrogens is 224 g/mol.